The van der Waals surface area contributed by atoms with Crippen molar-refractivity contribution in [2.45, 2.75) is 31.7 Å². The molecule has 1 amide bonds. The summed E-state index contributed by atoms with van der Waals surface area (Å²) in [6.07, 6.45) is 4.09. The van der Waals surface area contributed by atoms with E-state index in [9.17, 15) is 4.79 Å². The molecule has 1 unspecified atom stereocenters. The minimum Gasteiger partial charge on any atom is -0.356 e. The molecule has 0 bridgehead atoms. The zero-order valence-corrected chi connectivity index (χ0v) is 11.7. The molecule has 6 heteroatoms. The summed E-state index contributed by atoms with van der Waals surface area (Å²) in [5.74, 6) is 0.227. The minimum atomic E-state index is 0. The maximum Gasteiger partial charge on any atom is 0.220 e. The van der Waals surface area contributed by atoms with Gasteiger partial charge in [0.25, 0.3) is 0 Å². The molecular formula is C11H23Cl2N3O. The fourth-order valence-electron chi connectivity index (χ4n) is 2.51. The van der Waals surface area contributed by atoms with E-state index in [1.807, 2.05) is 0 Å². The van der Waals surface area contributed by atoms with Crippen LogP contribution in [0.25, 0.3) is 0 Å². The highest BCUT2D eigenvalue weighted by Crippen LogP contribution is 2.14. The average molecular weight is 284 g/mol. The van der Waals surface area contributed by atoms with Gasteiger partial charge in [0, 0.05) is 32.1 Å². The van der Waals surface area contributed by atoms with Gasteiger partial charge in [0.15, 0.2) is 0 Å². The fourth-order valence-corrected chi connectivity index (χ4v) is 2.51. The number of hydrogen-bond donors (Lipinski definition) is 2. The van der Waals surface area contributed by atoms with Crippen molar-refractivity contribution in [3.05, 3.63) is 0 Å². The Labute approximate surface area is 116 Å². The number of nitrogens with zero attached hydrogens (tertiary/aromatic N) is 1. The molecule has 2 fully saturated rings. The van der Waals surface area contributed by atoms with Crippen molar-refractivity contribution in [1.82, 2.24) is 15.5 Å². The van der Waals surface area contributed by atoms with Gasteiger partial charge in [-0.3, -0.25) is 9.69 Å². The molecule has 0 saturated carbocycles. The lowest BCUT2D eigenvalue weighted by Crippen LogP contribution is -2.38. The van der Waals surface area contributed by atoms with E-state index < -0.39 is 0 Å². The summed E-state index contributed by atoms with van der Waals surface area (Å²) in [7, 11) is 0. The number of carbonyl (C=O) groups excluding carboxylic acids is 1. The second-order valence-electron chi connectivity index (χ2n) is 4.47. The SMILES string of the molecule is Cl.Cl.O=C1CCC(N2CCCNCC2)CCN1. The van der Waals surface area contributed by atoms with Gasteiger partial charge in [-0.2, -0.15) is 0 Å². The Morgan fingerprint density at radius 3 is 2.71 bits per heavy atom. The average Bonchev–Trinajstić information content (AvgIpc) is 2.59. The van der Waals surface area contributed by atoms with E-state index >= 15 is 0 Å². The second-order valence-corrected chi connectivity index (χ2v) is 4.47. The van der Waals surface area contributed by atoms with Crippen molar-refractivity contribution in [3.8, 4) is 0 Å². The molecule has 0 aromatic rings. The molecule has 2 rings (SSSR count). The van der Waals surface area contributed by atoms with Gasteiger partial charge in [-0.05, 0) is 32.4 Å². The van der Waals surface area contributed by atoms with Crippen molar-refractivity contribution in [1.29, 1.82) is 0 Å². The van der Waals surface area contributed by atoms with E-state index in [2.05, 4.69) is 15.5 Å². The quantitative estimate of drug-likeness (QED) is 0.748. The summed E-state index contributed by atoms with van der Waals surface area (Å²) in [5, 5.41) is 6.36. The number of nitrogens with one attached hydrogen (secondary N) is 2. The van der Waals surface area contributed by atoms with Crippen LogP contribution in [0.5, 0.6) is 0 Å². The Morgan fingerprint density at radius 1 is 1.06 bits per heavy atom. The van der Waals surface area contributed by atoms with Gasteiger partial charge in [0.1, 0.15) is 0 Å². The summed E-state index contributed by atoms with van der Waals surface area (Å²) in [5.41, 5.74) is 0. The first-order chi connectivity index (χ1) is 7.36. The first kappa shape index (κ1) is 17.0. The molecule has 0 radical (unpaired) electrons. The lowest BCUT2D eigenvalue weighted by molar-refractivity contribution is -0.120. The molecule has 2 saturated heterocycles. The maximum absolute atomic E-state index is 11.2. The maximum atomic E-state index is 11.2. The lowest BCUT2D eigenvalue weighted by atomic mass is 10.1. The molecule has 2 heterocycles. The Morgan fingerprint density at radius 2 is 1.88 bits per heavy atom. The third kappa shape index (κ3) is 5.42. The van der Waals surface area contributed by atoms with Crippen LogP contribution in [-0.4, -0.2) is 49.6 Å². The van der Waals surface area contributed by atoms with Crippen molar-refractivity contribution in [2.75, 3.05) is 32.7 Å². The molecule has 1 atom stereocenters. The van der Waals surface area contributed by atoms with Crippen molar-refractivity contribution in [2.24, 2.45) is 0 Å². The van der Waals surface area contributed by atoms with E-state index in [0.29, 0.717) is 12.5 Å². The third-order valence-electron chi connectivity index (χ3n) is 3.40. The van der Waals surface area contributed by atoms with E-state index in [-0.39, 0.29) is 30.7 Å². The Hall–Kier alpha value is -0.0300. The van der Waals surface area contributed by atoms with Gasteiger partial charge in [-0.15, -0.1) is 24.8 Å². The number of rotatable bonds is 1. The summed E-state index contributed by atoms with van der Waals surface area (Å²) in [6, 6.07) is 0.615. The van der Waals surface area contributed by atoms with E-state index in [1.165, 1.54) is 13.0 Å². The monoisotopic (exact) mass is 283 g/mol. The van der Waals surface area contributed by atoms with Gasteiger partial charge in [0.05, 0.1) is 0 Å². The minimum absolute atomic E-state index is 0. The topological polar surface area (TPSA) is 44.4 Å². The zero-order chi connectivity index (χ0) is 10.5. The van der Waals surface area contributed by atoms with Crippen LogP contribution in [0.15, 0.2) is 0 Å². The van der Waals surface area contributed by atoms with Gasteiger partial charge in [-0.25, -0.2) is 0 Å². The predicted octanol–water partition coefficient (Wildman–Crippen LogP) is 0.794. The molecule has 2 N–H and O–H groups in total. The van der Waals surface area contributed by atoms with Crippen molar-refractivity contribution >= 4 is 30.7 Å². The fraction of sp³-hybridized carbons (Fsp3) is 0.909. The van der Waals surface area contributed by atoms with Crippen LogP contribution < -0.4 is 10.6 Å². The van der Waals surface area contributed by atoms with E-state index in [0.717, 1.165) is 39.0 Å². The summed E-state index contributed by atoms with van der Waals surface area (Å²) in [4.78, 5) is 13.8. The summed E-state index contributed by atoms with van der Waals surface area (Å²) in [6.45, 7) is 5.41. The molecular weight excluding hydrogens is 261 g/mol. The van der Waals surface area contributed by atoms with E-state index in [4.69, 9.17) is 0 Å². The molecule has 0 aliphatic carbocycles. The molecule has 102 valence electrons. The van der Waals surface area contributed by atoms with Crippen LogP contribution in [0.3, 0.4) is 0 Å². The molecule has 0 aromatic heterocycles. The smallest absolute Gasteiger partial charge is 0.220 e. The number of halogens is 2. The molecule has 2 aliphatic rings. The van der Waals surface area contributed by atoms with Crippen LogP contribution in [0.1, 0.15) is 25.7 Å². The Bertz CT molecular complexity index is 221. The highest BCUT2D eigenvalue weighted by Gasteiger charge is 2.22. The van der Waals surface area contributed by atoms with Crippen LogP contribution in [0.4, 0.5) is 0 Å². The molecule has 4 nitrogen and oxygen atoms in total. The van der Waals surface area contributed by atoms with Crippen LogP contribution in [-0.2, 0) is 4.79 Å². The summed E-state index contributed by atoms with van der Waals surface area (Å²) >= 11 is 0. The van der Waals surface area contributed by atoms with Crippen molar-refractivity contribution in [3.63, 3.8) is 0 Å². The summed E-state index contributed by atoms with van der Waals surface area (Å²) < 4.78 is 0. The van der Waals surface area contributed by atoms with Crippen molar-refractivity contribution < 1.29 is 4.79 Å². The Kier molecular flexibility index (Phi) is 8.96. The highest BCUT2D eigenvalue weighted by molar-refractivity contribution is 5.85. The molecule has 0 spiro atoms. The predicted molar refractivity (Wildman–Crippen MR) is 74.2 cm³/mol. The zero-order valence-electron chi connectivity index (χ0n) is 10.1. The van der Waals surface area contributed by atoms with Gasteiger partial charge >= 0.3 is 0 Å². The Balaban J connectivity index is 0.00000128. The molecule has 17 heavy (non-hydrogen) atoms. The number of carbonyl (C=O) groups is 1. The number of amides is 1. The largest absolute Gasteiger partial charge is 0.356 e. The third-order valence-corrected chi connectivity index (χ3v) is 3.40. The van der Waals surface area contributed by atoms with Gasteiger partial charge in [0.2, 0.25) is 5.91 Å². The lowest BCUT2D eigenvalue weighted by Gasteiger charge is -2.28. The normalized spacial score (nSPS) is 26.8. The van der Waals surface area contributed by atoms with Crippen LogP contribution in [0, 0.1) is 0 Å². The van der Waals surface area contributed by atoms with Crippen LogP contribution in [0.2, 0.25) is 0 Å². The van der Waals surface area contributed by atoms with Gasteiger partial charge < -0.3 is 10.6 Å². The number of hydrogen-bond acceptors (Lipinski definition) is 3. The first-order valence-corrected chi connectivity index (χ1v) is 6.08. The second kappa shape index (κ2) is 8.97. The molecule has 0 aromatic carbocycles. The van der Waals surface area contributed by atoms with Gasteiger partial charge in [-0.1, -0.05) is 0 Å². The molecule has 2 aliphatic heterocycles. The highest BCUT2D eigenvalue weighted by atomic mass is 35.5. The first-order valence-electron chi connectivity index (χ1n) is 6.08. The van der Waals surface area contributed by atoms with E-state index in [1.54, 1.807) is 0 Å². The van der Waals surface area contributed by atoms with Crippen LogP contribution >= 0.6 is 24.8 Å². The standard InChI is InChI=1S/C11H21N3O.2ClH/c15-11-3-2-10(4-6-13-11)14-8-1-5-12-7-9-14;;/h10,12H,1-9H2,(H,13,15);2*1H.